The van der Waals surface area contributed by atoms with E-state index in [1.54, 1.807) is 0 Å². The largest absolute Gasteiger partial charge is 0.504 e. The van der Waals surface area contributed by atoms with Crippen LogP contribution in [0.25, 0.3) is 0 Å². The number of aryl methyl sites for hydroxylation is 1. The van der Waals surface area contributed by atoms with Crippen LogP contribution in [-0.4, -0.2) is 31.9 Å². The summed E-state index contributed by atoms with van der Waals surface area (Å²) in [6.45, 7) is 5.81. The second-order valence-corrected chi connectivity index (χ2v) is 8.29. The average Bonchev–Trinajstić information content (AvgIpc) is 2.58. The van der Waals surface area contributed by atoms with Gasteiger partial charge in [-0.1, -0.05) is 39.2 Å². The lowest BCUT2D eigenvalue weighted by molar-refractivity contribution is -0.144. The maximum absolute atomic E-state index is 13.7. The zero-order valence-corrected chi connectivity index (χ0v) is 15.9. The van der Waals surface area contributed by atoms with Crippen molar-refractivity contribution in [3.05, 3.63) is 23.5 Å². The monoisotopic (exact) mass is 374 g/mol. The molecule has 1 aromatic carbocycles. The van der Waals surface area contributed by atoms with Crippen LogP contribution in [-0.2, 0) is 19.4 Å². The second-order valence-electron chi connectivity index (χ2n) is 6.21. The van der Waals surface area contributed by atoms with Crippen molar-refractivity contribution in [2.24, 2.45) is 5.92 Å². The van der Waals surface area contributed by atoms with Crippen molar-refractivity contribution in [1.82, 2.24) is 0 Å². The van der Waals surface area contributed by atoms with E-state index in [9.17, 15) is 22.7 Å². The standard InChI is InChI=1S/C18H27FO5S/c1-4-6-7-14(5-2)12-24-16(20)10-11-25(22,23)15-9-8-13(3)17(19)18(15)21/h8-9,14,21H,4-7,10-12H2,1-3H3. The molecule has 0 bridgehead atoms. The number of carbonyl (C=O) groups is 1. The number of hydrogen-bond acceptors (Lipinski definition) is 5. The highest BCUT2D eigenvalue weighted by Gasteiger charge is 2.23. The Balaban J connectivity index is 2.61. The Morgan fingerprint density at radius 2 is 2.00 bits per heavy atom. The first-order chi connectivity index (χ1) is 11.7. The van der Waals surface area contributed by atoms with Crippen molar-refractivity contribution in [3.63, 3.8) is 0 Å². The third-order valence-electron chi connectivity index (χ3n) is 4.21. The Bertz CT molecular complexity index is 685. The van der Waals surface area contributed by atoms with Gasteiger partial charge in [-0.05, 0) is 30.9 Å². The molecule has 0 heterocycles. The zero-order valence-electron chi connectivity index (χ0n) is 15.0. The lowest BCUT2D eigenvalue weighted by atomic mass is 10.0. The summed E-state index contributed by atoms with van der Waals surface area (Å²) in [6.07, 6.45) is 3.65. The Kier molecular flexibility index (Phi) is 8.35. The molecule has 0 fully saturated rings. The van der Waals surface area contributed by atoms with E-state index < -0.39 is 38.0 Å². The molecule has 0 aliphatic carbocycles. The first-order valence-electron chi connectivity index (χ1n) is 8.59. The number of phenols is 1. The van der Waals surface area contributed by atoms with Crippen LogP contribution in [0, 0.1) is 18.7 Å². The van der Waals surface area contributed by atoms with Gasteiger partial charge in [-0.15, -0.1) is 0 Å². The van der Waals surface area contributed by atoms with Gasteiger partial charge in [0.1, 0.15) is 4.90 Å². The van der Waals surface area contributed by atoms with Gasteiger partial charge in [0.05, 0.1) is 18.8 Å². The summed E-state index contributed by atoms with van der Waals surface area (Å²) in [5, 5.41) is 9.70. The van der Waals surface area contributed by atoms with Gasteiger partial charge in [0.15, 0.2) is 21.4 Å². The number of halogens is 1. The molecular weight excluding hydrogens is 347 g/mol. The fraction of sp³-hybridized carbons (Fsp3) is 0.611. The molecule has 5 nitrogen and oxygen atoms in total. The number of unbranched alkanes of at least 4 members (excludes halogenated alkanes) is 1. The molecule has 0 radical (unpaired) electrons. The maximum Gasteiger partial charge on any atom is 0.306 e. The number of benzene rings is 1. The molecule has 0 saturated carbocycles. The fourth-order valence-electron chi connectivity index (χ4n) is 2.41. The summed E-state index contributed by atoms with van der Waals surface area (Å²) < 4.78 is 43.3. The molecule has 0 amide bonds. The summed E-state index contributed by atoms with van der Waals surface area (Å²) in [7, 11) is -3.97. The SMILES string of the molecule is CCCCC(CC)COC(=O)CCS(=O)(=O)c1ccc(C)c(F)c1O. The topological polar surface area (TPSA) is 80.7 Å². The van der Waals surface area contributed by atoms with E-state index in [0.717, 1.165) is 31.7 Å². The molecule has 142 valence electrons. The quantitative estimate of drug-likeness (QED) is 0.631. The lowest BCUT2D eigenvalue weighted by Gasteiger charge is -2.14. The molecule has 0 spiro atoms. The normalized spacial score (nSPS) is 12.8. The third-order valence-corrected chi connectivity index (χ3v) is 5.95. The first-order valence-corrected chi connectivity index (χ1v) is 10.2. The third kappa shape index (κ3) is 6.30. The van der Waals surface area contributed by atoms with Crippen LogP contribution in [0.4, 0.5) is 4.39 Å². The number of esters is 1. The minimum Gasteiger partial charge on any atom is -0.504 e. The molecule has 0 aromatic heterocycles. The van der Waals surface area contributed by atoms with Crippen molar-refractivity contribution in [2.45, 2.75) is 57.8 Å². The maximum atomic E-state index is 13.7. The van der Waals surface area contributed by atoms with E-state index in [2.05, 4.69) is 6.92 Å². The number of ether oxygens (including phenoxy) is 1. The van der Waals surface area contributed by atoms with Gasteiger partial charge in [-0.2, -0.15) is 0 Å². The van der Waals surface area contributed by atoms with E-state index >= 15 is 0 Å². The van der Waals surface area contributed by atoms with Crippen molar-refractivity contribution < 1.29 is 27.4 Å². The van der Waals surface area contributed by atoms with Gasteiger partial charge in [-0.25, -0.2) is 12.8 Å². The van der Waals surface area contributed by atoms with Crippen LogP contribution in [0.15, 0.2) is 17.0 Å². The van der Waals surface area contributed by atoms with Crippen molar-refractivity contribution in [1.29, 1.82) is 0 Å². The molecule has 0 aliphatic rings. The van der Waals surface area contributed by atoms with Gasteiger partial charge >= 0.3 is 5.97 Å². The van der Waals surface area contributed by atoms with Crippen molar-refractivity contribution in [2.75, 3.05) is 12.4 Å². The molecule has 7 heteroatoms. The number of aromatic hydroxyl groups is 1. The minimum absolute atomic E-state index is 0.147. The number of hydrogen-bond donors (Lipinski definition) is 1. The Morgan fingerprint density at radius 1 is 1.32 bits per heavy atom. The fourth-order valence-corrected chi connectivity index (χ4v) is 3.72. The summed E-state index contributed by atoms with van der Waals surface area (Å²) in [5.74, 6) is -2.74. The van der Waals surface area contributed by atoms with Gasteiger partial charge < -0.3 is 9.84 Å². The molecule has 1 N–H and O–H groups in total. The van der Waals surface area contributed by atoms with Crippen LogP contribution in [0.2, 0.25) is 0 Å². The van der Waals surface area contributed by atoms with Gasteiger partial charge in [0.25, 0.3) is 0 Å². The van der Waals surface area contributed by atoms with Crippen LogP contribution in [0.3, 0.4) is 0 Å². The Morgan fingerprint density at radius 3 is 2.60 bits per heavy atom. The average molecular weight is 374 g/mol. The highest BCUT2D eigenvalue weighted by atomic mass is 32.2. The smallest absolute Gasteiger partial charge is 0.306 e. The summed E-state index contributed by atoms with van der Waals surface area (Å²) in [5.41, 5.74) is 0.147. The number of phenolic OH excluding ortho intramolecular Hbond substituents is 1. The van der Waals surface area contributed by atoms with Crippen molar-refractivity contribution >= 4 is 15.8 Å². The second kappa shape index (κ2) is 9.75. The van der Waals surface area contributed by atoms with Crippen LogP contribution < -0.4 is 0 Å². The number of rotatable bonds is 10. The highest BCUT2D eigenvalue weighted by Crippen LogP contribution is 2.29. The number of sulfone groups is 1. The Hall–Kier alpha value is -1.63. The van der Waals surface area contributed by atoms with Gasteiger partial charge in [-0.3, -0.25) is 4.79 Å². The molecule has 25 heavy (non-hydrogen) atoms. The molecular formula is C18H27FO5S. The Labute approximate surface area is 149 Å². The van der Waals surface area contributed by atoms with E-state index in [1.165, 1.54) is 13.0 Å². The van der Waals surface area contributed by atoms with E-state index in [0.29, 0.717) is 0 Å². The van der Waals surface area contributed by atoms with E-state index in [-0.39, 0.29) is 24.5 Å². The van der Waals surface area contributed by atoms with Gasteiger partial charge in [0, 0.05) is 0 Å². The summed E-state index contributed by atoms with van der Waals surface area (Å²) >= 11 is 0. The predicted octanol–water partition coefficient (Wildman–Crippen LogP) is 3.76. The summed E-state index contributed by atoms with van der Waals surface area (Å²) in [6, 6.07) is 2.42. The molecule has 0 saturated heterocycles. The van der Waals surface area contributed by atoms with E-state index in [4.69, 9.17) is 4.74 Å². The van der Waals surface area contributed by atoms with Crippen LogP contribution in [0.5, 0.6) is 5.75 Å². The molecule has 0 aliphatic heterocycles. The van der Waals surface area contributed by atoms with Gasteiger partial charge in [0.2, 0.25) is 0 Å². The molecule has 1 unspecified atom stereocenters. The minimum atomic E-state index is -3.97. The zero-order chi connectivity index (χ0) is 19.0. The lowest BCUT2D eigenvalue weighted by Crippen LogP contribution is -2.17. The van der Waals surface area contributed by atoms with Crippen LogP contribution in [0.1, 0.15) is 51.5 Å². The number of carbonyl (C=O) groups excluding carboxylic acids is 1. The molecule has 1 aromatic rings. The molecule has 1 rings (SSSR count). The molecule has 1 atom stereocenters. The van der Waals surface area contributed by atoms with Crippen molar-refractivity contribution in [3.8, 4) is 5.75 Å². The predicted molar refractivity (Wildman–Crippen MR) is 93.7 cm³/mol. The summed E-state index contributed by atoms with van der Waals surface area (Å²) in [4.78, 5) is 11.3. The van der Waals surface area contributed by atoms with E-state index in [1.807, 2.05) is 6.92 Å². The first kappa shape index (κ1) is 21.4. The van der Waals surface area contributed by atoms with Crippen LogP contribution >= 0.6 is 0 Å². The highest BCUT2D eigenvalue weighted by molar-refractivity contribution is 7.91.